The molecule has 94 valence electrons. The molecule has 1 aliphatic carbocycles. The van der Waals surface area contributed by atoms with E-state index in [0.29, 0.717) is 12.0 Å². The highest BCUT2D eigenvalue weighted by Gasteiger charge is 2.27. The standard InChI is InChI=1S/C14H21NO2/c1-9(2)12-7-15-8-13(16-10(3)4)14(12)17-11-5-6-11/h7-11H,5-6H2,1-4H3. The molecule has 1 aromatic rings. The Hall–Kier alpha value is -1.25. The number of hydrogen-bond donors (Lipinski definition) is 0. The van der Waals surface area contributed by atoms with Crippen LogP contribution in [0.3, 0.4) is 0 Å². The molecule has 0 N–H and O–H groups in total. The van der Waals surface area contributed by atoms with Gasteiger partial charge in [-0.1, -0.05) is 13.8 Å². The summed E-state index contributed by atoms with van der Waals surface area (Å²) in [7, 11) is 0. The molecule has 0 saturated heterocycles. The number of pyridine rings is 1. The molecule has 0 aliphatic heterocycles. The Morgan fingerprint density at radius 3 is 2.41 bits per heavy atom. The minimum Gasteiger partial charge on any atom is -0.486 e. The molecule has 1 fully saturated rings. The Labute approximate surface area is 103 Å². The maximum Gasteiger partial charge on any atom is 0.180 e. The van der Waals surface area contributed by atoms with Gasteiger partial charge in [0.25, 0.3) is 0 Å². The lowest BCUT2D eigenvalue weighted by molar-refractivity contribution is 0.215. The zero-order chi connectivity index (χ0) is 12.4. The molecule has 1 heterocycles. The molecule has 0 bridgehead atoms. The van der Waals surface area contributed by atoms with Crippen molar-refractivity contribution in [2.75, 3.05) is 0 Å². The molecule has 3 heteroatoms. The number of hydrogen-bond acceptors (Lipinski definition) is 3. The van der Waals surface area contributed by atoms with Gasteiger partial charge in [0.05, 0.1) is 18.4 Å². The van der Waals surface area contributed by atoms with Gasteiger partial charge < -0.3 is 9.47 Å². The fourth-order valence-electron chi connectivity index (χ4n) is 1.67. The third-order valence-corrected chi connectivity index (χ3v) is 2.68. The van der Waals surface area contributed by atoms with Crippen molar-refractivity contribution in [3.05, 3.63) is 18.0 Å². The summed E-state index contributed by atoms with van der Waals surface area (Å²) in [6.45, 7) is 8.33. The fourth-order valence-corrected chi connectivity index (χ4v) is 1.67. The van der Waals surface area contributed by atoms with E-state index >= 15 is 0 Å². The van der Waals surface area contributed by atoms with Crippen molar-refractivity contribution in [1.82, 2.24) is 4.98 Å². The van der Waals surface area contributed by atoms with Crippen LogP contribution in [-0.2, 0) is 0 Å². The Morgan fingerprint density at radius 1 is 1.18 bits per heavy atom. The topological polar surface area (TPSA) is 31.4 Å². The molecule has 1 saturated carbocycles. The molecule has 1 aliphatic rings. The fraction of sp³-hybridized carbons (Fsp3) is 0.643. The van der Waals surface area contributed by atoms with Crippen molar-refractivity contribution < 1.29 is 9.47 Å². The smallest absolute Gasteiger partial charge is 0.180 e. The predicted molar refractivity (Wildman–Crippen MR) is 67.7 cm³/mol. The molecular weight excluding hydrogens is 214 g/mol. The SMILES string of the molecule is CC(C)Oc1cncc(C(C)C)c1OC1CC1. The molecule has 0 radical (unpaired) electrons. The van der Waals surface area contributed by atoms with Gasteiger partial charge in [-0.3, -0.25) is 4.98 Å². The minimum absolute atomic E-state index is 0.140. The molecule has 1 aromatic heterocycles. The molecule has 0 spiro atoms. The molecule has 0 unspecified atom stereocenters. The largest absolute Gasteiger partial charge is 0.486 e. The van der Waals surface area contributed by atoms with E-state index in [9.17, 15) is 0 Å². The summed E-state index contributed by atoms with van der Waals surface area (Å²) in [6.07, 6.45) is 6.46. The highest BCUT2D eigenvalue weighted by atomic mass is 16.5. The van der Waals surface area contributed by atoms with E-state index < -0.39 is 0 Å². The van der Waals surface area contributed by atoms with Crippen LogP contribution in [0.5, 0.6) is 11.5 Å². The molecule has 2 rings (SSSR count). The molecule has 0 atom stereocenters. The number of ether oxygens (including phenoxy) is 2. The van der Waals surface area contributed by atoms with Gasteiger partial charge >= 0.3 is 0 Å². The van der Waals surface area contributed by atoms with E-state index in [1.165, 1.54) is 0 Å². The van der Waals surface area contributed by atoms with E-state index in [1.807, 2.05) is 20.0 Å². The van der Waals surface area contributed by atoms with Gasteiger partial charge in [0.2, 0.25) is 0 Å². The number of nitrogens with zero attached hydrogens (tertiary/aromatic N) is 1. The lowest BCUT2D eigenvalue weighted by Gasteiger charge is -2.18. The lowest BCUT2D eigenvalue weighted by atomic mass is 10.0. The second-order valence-electron chi connectivity index (χ2n) is 5.19. The van der Waals surface area contributed by atoms with Crippen LogP contribution in [0.4, 0.5) is 0 Å². The second kappa shape index (κ2) is 4.94. The Balaban J connectivity index is 2.31. The van der Waals surface area contributed by atoms with Crippen LogP contribution in [-0.4, -0.2) is 17.2 Å². The first-order chi connectivity index (χ1) is 8.08. The summed E-state index contributed by atoms with van der Waals surface area (Å²) in [5.74, 6) is 2.07. The summed E-state index contributed by atoms with van der Waals surface area (Å²) >= 11 is 0. The van der Waals surface area contributed by atoms with Crippen molar-refractivity contribution >= 4 is 0 Å². The highest BCUT2D eigenvalue weighted by molar-refractivity contribution is 5.45. The van der Waals surface area contributed by atoms with E-state index in [4.69, 9.17) is 9.47 Å². The van der Waals surface area contributed by atoms with E-state index in [1.54, 1.807) is 6.20 Å². The van der Waals surface area contributed by atoms with Crippen LogP contribution >= 0.6 is 0 Å². The van der Waals surface area contributed by atoms with Crippen molar-refractivity contribution in [2.24, 2.45) is 0 Å². The molecule has 0 aromatic carbocycles. The van der Waals surface area contributed by atoms with Crippen LogP contribution in [0, 0.1) is 0 Å². The second-order valence-corrected chi connectivity index (χ2v) is 5.19. The molecule has 3 nitrogen and oxygen atoms in total. The van der Waals surface area contributed by atoms with Gasteiger partial charge in [-0.25, -0.2) is 0 Å². The van der Waals surface area contributed by atoms with E-state index in [0.717, 1.165) is 29.9 Å². The third kappa shape index (κ3) is 3.11. The monoisotopic (exact) mass is 235 g/mol. The van der Waals surface area contributed by atoms with Crippen molar-refractivity contribution in [3.63, 3.8) is 0 Å². The number of aromatic nitrogens is 1. The van der Waals surface area contributed by atoms with Crippen molar-refractivity contribution in [1.29, 1.82) is 0 Å². The van der Waals surface area contributed by atoms with Crippen LogP contribution in [0.2, 0.25) is 0 Å². The van der Waals surface area contributed by atoms with Gasteiger partial charge in [-0.05, 0) is 32.6 Å². The van der Waals surface area contributed by atoms with Gasteiger partial charge in [-0.15, -0.1) is 0 Å². The molecular formula is C14H21NO2. The third-order valence-electron chi connectivity index (χ3n) is 2.68. The Bertz CT molecular complexity index is 384. The quantitative estimate of drug-likeness (QED) is 0.782. The average Bonchev–Trinajstić information content (AvgIpc) is 3.03. The minimum atomic E-state index is 0.140. The molecule has 17 heavy (non-hydrogen) atoms. The summed E-state index contributed by atoms with van der Waals surface area (Å²) < 4.78 is 11.8. The van der Waals surface area contributed by atoms with E-state index in [2.05, 4.69) is 18.8 Å². The van der Waals surface area contributed by atoms with Crippen LogP contribution < -0.4 is 9.47 Å². The maximum absolute atomic E-state index is 5.98. The first kappa shape index (κ1) is 12.2. The summed E-state index contributed by atoms with van der Waals surface area (Å²) in [4.78, 5) is 4.24. The highest BCUT2D eigenvalue weighted by Crippen LogP contribution is 2.39. The lowest BCUT2D eigenvalue weighted by Crippen LogP contribution is -2.10. The molecule has 0 amide bonds. The Morgan fingerprint density at radius 2 is 1.88 bits per heavy atom. The van der Waals surface area contributed by atoms with Crippen LogP contribution in [0.15, 0.2) is 12.4 Å². The van der Waals surface area contributed by atoms with Gasteiger partial charge in [0, 0.05) is 11.8 Å². The maximum atomic E-state index is 5.98. The zero-order valence-corrected chi connectivity index (χ0v) is 11.1. The zero-order valence-electron chi connectivity index (χ0n) is 11.1. The average molecular weight is 235 g/mol. The van der Waals surface area contributed by atoms with E-state index in [-0.39, 0.29) is 6.10 Å². The van der Waals surface area contributed by atoms with Gasteiger partial charge in [-0.2, -0.15) is 0 Å². The van der Waals surface area contributed by atoms with Crippen LogP contribution in [0.1, 0.15) is 52.0 Å². The van der Waals surface area contributed by atoms with Crippen molar-refractivity contribution in [3.8, 4) is 11.5 Å². The number of rotatable bonds is 5. The van der Waals surface area contributed by atoms with Crippen LogP contribution in [0.25, 0.3) is 0 Å². The first-order valence-electron chi connectivity index (χ1n) is 6.39. The van der Waals surface area contributed by atoms with Crippen molar-refractivity contribution in [2.45, 2.75) is 58.7 Å². The first-order valence-corrected chi connectivity index (χ1v) is 6.39. The summed E-state index contributed by atoms with van der Waals surface area (Å²) in [6, 6.07) is 0. The normalized spacial score (nSPS) is 15.4. The predicted octanol–water partition coefficient (Wildman–Crippen LogP) is 3.53. The van der Waals surface area contributed by atoms with Gasteiger partial charge in [0.15, 0.2) is 11.5 Å². The Kier molecular flexibility index (Phi) is 3.55. The summed E-state index contributed by atoms with van der Waals surface area (Å²) in [5, 5.41) is 0. The summed E-state index contributed by atoms with van der Waals surface area (Å²) in [5.41, 5.74) is 1.13. The van der Waals surface area contributed by atoms with Gasteiger partial charge in [0.1, 0.15) is 0 Å².